The molecule has 0 radical (unpaired) electrons. The molecule has 0 aliphatic carbocycles. The lowest BCUT2D eigenvalue weighted by Gasteiger charge is -2.27. The number of aliphatic hydroxyl groups is 1. The lowest BCUT2D eigenvalue weighted by atomic mass is 10.1. The number of para-hydroxylation sites is 1. The van der Waals surface area contributed by atoms with Crippen LogP contribution in [0.2, 0.25) is 0 Å². The van der Waals surface area contributed by atoms with Crippen LogP contribution >= 0.6 is 0 Å². The zero-order valence-electron chi connectivity index (χ0n) is 12.4. The van der Waals surface area contributed by atoms with Gasteiger partial charge in [-0.3, -0.25) is 4.90 Å². The van der Waals surface area contributed by atoms with Crippen molar-refractivity contribution in [2.45, 2.75) is 32.1 Å². The average molecular weight is 325 g/mol. The Morgan fingerprint density at radius 3 is 2.78 bits per heavy atom. The molecule has 1 aromatic carbocycles. The minimum Gasteiger partial charge on any atom is -0.434 e. The molecule has 3 rings (SSSR count). The Morgan fingerprint density at radius 1 is 1.30 bits per heavy atom. The first-order valence-electron chi connectivity index (χ1n) is 7.39. The van der Waals surface area contributed by atoms with E-state index in [0.717, 1.165) is 13.1 Å². The lowest BCUT2D eigenvalue weighted by molar-refractivity contribution is -0.0494. The fourth-order valence-corrected chi connectivity index (χ4v) is 2.55. The smallest absolute Gasteiger partial charge is 0.387 e. The predicted octanol–water partition coefficient (Wildman–Crippen LogP) is 2.29. The van der Waals surface area contributed by atoms with E-state index in [1.54, 1.807) is 18.2 Å². The topological polar surface area (TPSA) is 71.6 Å². The highest BCUT2D eigenvalue weighted by atomic mass is 19.3. The Hall–Kier alpha value is -2.06. The van der Waals surface area contributed by atoms with Crippen LogP contribution in [-0.2, 0) is 6.54 Å². The first-order chi connectivity index (χ1) is 11.1. The van der Waals surface area contributed by atoms with E-state index < -0.39 is 6.61 Å². The number of nitrogens with zero attached hydrogens (tertiary/aromatic N) is 3. The van der Waals surface area contributed by atoms with Crippen LogP contribution < -0.4 is 4.74 Å². The molecule has 1 aliphatic rings. The van der Waals surface area contributed by atoms with Gasteiger partial charge in [0.05, 0.1) is 18.2 Å². The summed E-state index contributed by atoms with van der Waals surface area (Å²) in [7, 11) is 0. The van der Waals surface area contributed by atoms with Crippen LogP contribution in [0.4, 0.5) is 8.78 Å². The van der Waals surface area contributed by atoms with Crippen LogP contribution in [0.25, 0.3) is 11.4 Å². The van der Waals surface area contributed by atoms with Crippen LogP contribution in [-0.4, -0.2) is 46.0 Å². The summed E-state index contributed by atoms with van der Waals surface area (Å²) in [5.74, 6) is 0.632. The molecule has 0 unspecified atom stereocenters. The van der Waals surface area contributed by atoms with Gasteiger partial charge in [0, 0.05) is 13.1 Å². The van der Waals surface area contributed by atoms with Gasteiger partial charge in [-0.2, -0.15) is 13.8 Å². The highest BCUT2D eigenvalue weighted by Gasteiger charge is 2.20. The number of likely N-dealkylation sites (tertiary alicyclic amines) is 1. The molecule has 1 saturated heterocycles. The molecule has 0 bridgehead atoms. The molecule has 0 atom stereocenters. The molecule has 2 heterocycles. The fourth-order valence-electron chi connectivity index (χ4n) is 2.55. The Kier molecular flexibility index (Phi) is 4.82. The molecular weight excluding hydrogens is 308 g/mol. The minimum atomic E-state index is -2.91. The van der Waals surface area contributed by atoms with Crippen molar-refractivity contribution in [1.82, 2.24) is 15.0 Å². The highest BCUT2D eigenvalue weighted by Crippen LogP contribution is 2.29. The Labute approximate surface area is 131 Å². The number of piperidine rings is 1. The fraction of sp³-hybridized carbons (Fsp3) is 0.467. The van der Waals surface area contributed by atoms with Gasteiger partial charge in [0.25, 0.3) is 0 Å². The van der Waals surface area contributed by atoms with Crippen LogP contribution in [0.15, 0.2) is 28.8 Å². The van der Waals surface area contributed by atoms with Crippen molar-refractivity contribution in [2.24, 2.45) is 0 Å². The third-order valence-corrected chi connectivity index (χ3v) is 3.73. The van der Waals surface area contributed by atoms with Gasteiger partial charge in [-0.15, -0.1) is 0 Å². The zero-order chi connectivity index (χ0) is 16.2. The van der Waals surface area contributed by atoms with Crippen LogP contribution in [0.3, 0.4) is 0 Å². The molecule has 23 heavy (non-hydrogen) atoms. The second kappa shape index (κ2) is 7.01. The van der Waals surface area contributed by atoms with Crippen molar-refractivity contribution in [3.05, 3.63) is 30.2 Å². The number of ether oxygens (including phenoxy) is 1. The van der Waals surface area contributed by atoms with E-state index in [4.69, 9.17) is 4.52 Å². The zero-order valence-corrected chi connectivity index (χ0v) is 12.4. The number of alkyl halides is 2. The lowest BCUT2D eigenvalue weighted by Crippen LogP contribution is -2.35. The van der Waals surface area contributed by atoms with Gasteiger partial charge in [-0.05, 0) is 25.0 Å². The summed E-state index contributed by atoms with van der Waals surface area (Å²) in [6.07, 6.45) is 1.18. The van der Waals surface area contributed by atoms with Crippen LogP contribution in [0.1, 0.15) is 18.7 Å². The van der Waals surface area contributed by atoms with Crippen molar-refractivity contribution in [3.63, 3.8) is 0 Å². The second-order valence-corrected chi connectivity index (χ2v) is 5.39. The summed E-state index contributed by atoms with van der Waals surface area (Å²) in [6, 6.07) is 6.32. The van der Waals surface area contributed by atoms with Gasteiger partial charge in [0.2, 0.25) is 11.7 Å². The molecule has 1 N–H and O–H groups in total. The van der Waals surface area contributed by atoms with Crippen LogP contribution in [0, 0.1) is 0 Å². The molecule has 6 nitrogen and oxygen atoms in total. The largest absolute Gasteiger partial charge is 0.434 e. The first-order valence-corrected chi connectivity index (χ1v) is 7.39. The van der Waals surface area contributed by atoms with Gasteiger partial charge in [-0.1, -0.05) is 17.3 Å². The number of benzene rings is 1. The second-order valence-electron chi connectivity index (χ2n) is 5.39. The van der Waals surface area contributed by atoms with Crippen molar-refractivity contribution in [1.29, 1.82) is 0 Å². The maximum absolute atomic E-state index is 12.4. The van der Waals surface area contributed by atoms with E-state index in [2.05, 4.69) is 19.8 Å². The summed E-state index contributed by atoms with van der Waals surface area (Å²) >= 11 is 0. The van der Waals surface area contributed by atoms with Crippen LogP contribution in [0.5, 0.6) is 5.75 Å². The maximum atomic E-state index is 12.4. The van der Waals surface area contributed by atoms with Crippen molar-refractivity contribution >= 4 is 0 Å². The monoisotopic (exact) mass is 325 g/mol. The van der Waals surface area contributed by atoms with Crippen molar-refractivity contribution < 1.29 is 23.1 Å². The third-order valence-electron chi connectivity index (χ3n) is 3.73. The number of rotatable bonds is 5. The molecule has 1 fully saturated rings. The van der Waals surface area contributed by atoms with E-state index >= 15 is 0 Å². The van der Waals surface area contributed by atoms with Gasteiger partial charge in [-0.25, -0.2) is 0 Å². The SMILES string of the molecule is OC1CCN(Cc2nc(-c3ccccc3OC(F)F)no2)CC1. The summed E-state index contributed by atoms with van der Waals surface area (Å²) in [5.41, 5.74) is 0.358. The van der Waals surface area contributed by atoms with Gasteiger partial charge >= 0.3 is 6.61 Å². The Morgan fingerprint density at radius 2 is 2.04 bits per heavy atom. The summed E-state index contributed by atoms with van der Waals surface area (Å²) in [5, 5.41) is 13.3. The molecular formula is C15H17F2N3O3. The molecule has 0 amide bonds. The predicted molar refractivity (Wildman–Crippen MR) is 76.9 cm³/mol. The van der Waals surface area contributed by atoms with Gasteiger partial charge in [0.1, 0.15) is 5.75 Å². The number of hydrogen-bond donors (Lipinski definition) is 1. The third kappa shape index (κ3) is 4.02. The minimum absolute atomic E-state index is 0.0101. The first kappa shape index (κ1) is 15.8. The number of hydrogen-bond acceptors (Lipinski definition) is 6. The van der Waals surface area contributed by atoms with Gasteiger partial charge in [0.15, 0.2) is 0 Å². The standard InChI is InChI=1S/C15H17F2N3O3/c16-15(17)22-12-4-2-1-3-11(12)14-18-13(23-19-14)9-20-7-5-10(21)6-8-20/h1-4,10,15,21H,5-9H2. The Bertz CT molecular complexity index is 642. The number of aromatic nitrogens is 2. The van der Waals surface area contributed by atoms with Gasteiger partial charge < -0.3 is 14.4 Å². The average Bonchev–Trinajstić information content (AvgIpc) is 2.98. The van der Waals surface area contributed by atoms with E-state index in [9.17, 15) is 13.9 Å². The van der Waals surface area contributed by atoms with Crippen molar-refractivity contribution in [2.75, 3.05) is 13.1 Å². The van der Waals surface area contributed by atoms with E-state index in [1.165, 1.54) is 6.07 Å². The molecule has 1 aliphatic heterocycles. The Balaban J connectivity index is 1.72. The molecule has 0 spiro atoms. The summed E-state index contributed by atoms with van der Waals surface area (Å²) in [6.45, 7) is -0.937. The number of halogens is 2. The molecule has 8 heteroatoms. The van der Waals surface area contributed by atoms with E-state index in [-0.39, 0.29) is 17.7 Å². The van der Waals surface area contributed by atoms with Crippen molar-refractivity contribution in [3.8, 4) is 17.1 Å². The normalized spacial score (nSPS) is 16.9. The maximum Gasteiger partial charge on any atom is 0.387 e. The summed E-state index contributed by atoms with van der Waals surface area (Å²) in [4.78, 5) is 6.36. The molecule has 1 aromatic heterocycles. The number of aliphatic hydroxyl groups excluding tert-OH is 1. The quantitative estimate of drug-likeness (QED) is 0.909. The molecule has 124 valence electrons. The molecule has 0 saturated carbocycles. The highest BCUT2D eigenvalue weighted by molar-refractivity contribution is 5.63. The molecule has 2 aromatic rings. The van der Waals surface area contributed by atoms with E-state index in [1.807, 2.05) is 0 Å². The summed E-state index contributed by atoms with van der Waals surface area (Å²) < 4.78 is 34.6. The van der Waals surface area contributed by atoms with E-state index in [0.29, 0.717) is 30.8 Å².